The summed E-state index contributed by atoms with van der Waals surface area (Å²) in [6.45, 7) is 1.67. The lowest BCUT2D eigenvalue weighted by molar-refractivity contribution is -0.120. The maximum Gasteiger partial charge on any atom is 0.225 e. The van der Waals surface area contributed by atoms with Gasteiger partial charge in [-0.2, -0.15) is 0 Å². The van der Waals surface area contributed by atoms with Crippen molar-refractivity contribution in [1.82, 2.24) is 19.8 Å². The number of hydrogen-bond acceptors (Lipinski definition) is 6. The number of carbonyl (C=O) groups excluding carboxylic acids is 1. The Hall–Kier alpha value is -5.32. The van der Waals surface area contributed by atoms with E-state index in [0.717, 1.165) is 91.3 Å². The summed E-state index contributed by atoms with van der Waals surface area (Å²) in [6.07, 6.45) is 15.9. The van der Waals surface area contributed by atoms with Gasteiger partial charge in [-0.15, -0.1) is 0 Å². The van der Waals surface area contributed by atoms with Gasteiger partial charge >= 0.3 is 0 Å². The number of alkyl halides is 1. The molecule has 1 aliphatic heterocycles. The molecule has 1 fully saturated rings. The largest absolute Gasteiger partial charge is 0.380 e. The fraction of sp³-hybridized carbons (Fsp3) is 0.318. The van der Waals surface area contributed by atoms with Crippen LogP contribution in [0.1, 0.15) is 56.6 Å². The second-order valence-electron chi connectivity index (χ2n) is 14.2. The maximum absolute atomic E-state index is 15.1. The van der Waals surface area contributed by atoms with Crippen LogP contribution in [0.25, 0.3) is 5.57 Å². The van der Waals surface area contributed by atoms with Gasteiger partial charge in [0.15, 0.2) is 41.1 Å². The molecule has 312 valence electrons. The monoisotopic (exact) mass is 867 g/mol. The van der Waals surface area contributed by atoms with Crippen molar-refractivity contribution < 1.29 is 39.9 Å². The summed E-state index contributed by atoms with van der Waals surface area (Å²) >= 11 is 0. The third-order valence-corrected chi connectivity index (χ3v) is 12.7. The molecule has 1 aromatic heterocycles. The molecule has 2 aromatic rings. The first-order chi connectivity index (χ1) is 29.0. The summed E-state index contributed by atoms with van der Waals surface area (Å²) in [5.41, 5.74) is 0.738. The van der Waals surface area contributed by atoms with Gasteiger partial charge in [0.25, 0.3) is 0 Å². The first-order valence-corrected chi connectivity index (χ1v) is 21.7. The first-order valence-electron chi connectivity index (χ1n) is 19.2. The van der Waals surface area contributed by atoms with Crippen molar-refractivity contribution in [2.45, 2.75) is 57.2 Å². The number of hydrogen-bond donors (Lipinski definition) is 2. The Morgan fingerprint density at radius 3 is 1.82 bits per heavy atom. The second kappa shape index (κ2) is 19.4. The molecule has 0 saturated carbocycles. The third-order valence-electron chi connectivity index (χ3n) is 10.3. The summed E-state index contributed by atoms with van der Waals surface area (Å²) in [4.78, 5) is 18.6. The number of allylic oxidation sites excluding steroid dienone is 16. The lowest BCUT2D eigenvalue weighted by atomic mass is 9.91. The second-order valence-corrected chi connectivity index (χ2v) is 16.9. The van der Waals surface area contributed by atoms with Gasteiger partial charge in [-0.1, -0.05) is 45.3 Å². The van der Waals surface area contributed by atoms with Crippen LogP contribution in [-0.4, -0.2) is 57.7 Å². The number of halogens is 8. The van der Waals surface area contributed by atoms with E-state index in [4.69, 9.17) is 0 Å². The minimum atomic E-state index is -3.01. The van der Waals surface area contributed by atoms with E-state index in [9.17, 15) is 13.6 Å². The number of rotatable bonds is 8. The predicted molar refractivity (Wildman–Crippen MR) is 219 cm³/mol. The lowest BCUT2D eigenvalue weighted by Crippen LogP contribution is -2.27. The fourth-order valence-corrected chi connectivity index (χ4v) is 9.05. The Bertz CT molecular complexity index is 2410. The number of aromatic nitrogens is 2. The van der Waals surface area contributed by atoms with Crippen LogP contribution in [0.5, 0.6) is 0 Å². The number of nitrogens with one attached hydrogen (secondary N) is 2. The third kappa shape index (κ3) is 9.66. The van der Waals surface area contributed by atoms with Gasteiger partial charge in [0.2, 0.25) is 5.91 Å². The van der Waals surface area contributed by atoms with Gasteiger partial charge < -0.3 is 20.1 Å². The normalized spacial score (nSPS) is 20.9. The van der Waals surface area contributed by atoms with Gasteiger partial charge in [-0.05, 0) is 75.0 Å². The van der Waals surface area contributed by atoms with Gasteiger partial charge in [-0.3, -0.25) is 4.79 Å². The lowest BCUT2D eigenvalue weighted by Gasteiger charge is -2.27. The van der Waals surface area contributed by atoms with Crippen molar-refractivity contribution in [3.8, 4) is 23.7 Å². The van der Waals surface area contributed by atoms with Crippen LogP contribution in [0.15, 0.2) is 106 Å². The highest BCUT2D eigenvalue weighted by molar-refractivity contribution is 8.76. The van der Waals surface area contributed by atoms with E-state index in [1.54, 1.807) is 12.2 Å². The van der Waals surface area contributed by atoms with Crippen LogP contribution in [-0.2, 0) is 4.79 Å². The highest BCUT2D eigenvalue weighted by Gasteiger charge is 2.44. The van der Waals surface area contributed by atoms with Crippen LogP contribution < -0.4 is 10.6 Å². The summed E-state index contributed by atoms with van der Waals surface area (Å²) in [5.74, 6) is -0.445. The van der Waals surface area contributed by atoms with Crippen LogP contribution in [0, 0.1) is 47.0 Å². The Kier molecular flexibility index (Phi) is 13.8. The molecular weight excluding hydrogens is 831 g/mol. The van der Waals surface area contributed by atoms with Crippen molar-refractivity contribution >= 4 is 38.8 Å². The van der Waals surface area contributed by atoms with Crippen molar-refractivity contribution in [2.75, 3.05) is 36.5 Å². The molecule has 0 spiro atoms. The average Bonchev–Trinajstić information content (AvgIpc) is 3.65. The summed E-state index contributed by atoms with van der Waals surface area (Å²) in [6, 6.07) is -2.24. The molecule has 1 saturated heterocycles. The zero-order chi connectivity index (χ0) is 42.3. The number of benzene rings is 1. The molecule has 4 aliphatic carbocycles. The zero-order valence-electron chi connectivity index (χ0n) is 31.9. The van der Waals surface area contributed by atoms with Crippen LogP contribution in [0.2, 0.25) is 0 Å². The van der Waals surface area contributed by atoms with E-state index in [0.29, 0.717) is 23.1 Å². The molecule has 0 bridgehead atoms. The predicted octanol–water partition coefficient (Wildman–Crippen LogP) is 10.3. The number of nitrogens with zero attached hydrogens (tertiary/aromatic N) is 3. The van der Waals surface area contributed by atoms with E-state index in [1.807, 2.05) is 33.7 Å². The van der Waals surface area contributed by atoms with Crippen molar-refractivity contribution in [3.05, 3.63) is 135 Å². The first kappa shape index (κ1) is 42.8. The molecule has 2 atom stereocenters. The van der Waals surface area contributed by atoms with E-state index < -0.39 is 88.7 Å². The SMILES string of the molecule is O=C(CCNc1c(F)c(F)c(C2=C(F)C(F)C(n3ccnc3)C(F)=C2F)c(F)c1F)NC1=CC=C(C#CC2=CC=C(C#CC3=CC=C(N4CCSSCC4)CC3)CC2)CC1. The Balaban J connectivity index is 0.910. The Morgan fingerprint density at radius 1 is 0.733 bits per heavy atom. The average molecular weight is 868 g/mol. The number of carbonyl (C=O) groups is 1. The number of imidazole rings is 1. The van der Waals surface area contributed by atoms with Crippen LogP contribution in [0.3, 0.4) is 0 Å². The molecule has 7 rings (SSSR count). The van der Waals surface area contributed by atoms with Crippen LogP contribution >= 0.6 is 21.6 Å². The molecule has 16 heteroatoms. The van der Waals surface area contributed by atoms with E-state index in [-0.39, 0.29) is 0 Å². The van der Waals surface area contributed by atoms with E-state index in [2.05, 4.69) is 56.4 Å². The highest BCUT2D eigenvalue weighted by atomic mass is 33.1. The van der Waals surface area contributed by atoms with Gasteiger partial charge in [0.1, 0.15) is 17.6 Å². The molecule has 1 amide bonds. The van der Waals surface area contributed by atoms with Gasteiger partial charge in [-0.25, -0.2) is 40.1 Å². The Labute approximate surface area is 349 Å². The van der Waals surface area contributed by atoms with Crippen molar-refractivity contribution in [3.63, 3.8) is 0 Å². The van der Waals surface area contributed by atoms with E-state index in [1.165, 1.54) is 5.70 Å². The zero-order valence-corrected chi connectivity index (χ0v) is 33.6. The minimum Gasteiger partial charge on any atom is -0.380 e. The van der Waals surface area contributed by atoms with Crippen LogP contribution in [0.4, 0.5) is 40.8 Å². The van der Waals surface area contributed by atoms with Gasteiger partial charge in [0, 0.05) is 83.6 Å². The molecule has 2 N–H and O–H groups in total. The molecule has 0 radical (unpaired) electrons. The Morgan fingerprint density at radius 2 is 1.30 bits per heavy atom. The summed E-state index contributed by atoms with van der Waals surface area (Å²) < 4.78 is 121. The maximum atomic E-state index is 15.1. The summed E-state index contributed by atoms with van der Waals surface area (Å²) in [7, 11) is 3.88. The molecule has 5 aliphatic rings. The quantitative estimate of drug-likeness (QED) is 0.119. The number of amides is 1. The topological polar surface area (TPSA) is 62.2 Å². The van der Waals surface area contributed by atoms with Crippen molar-refractivity contribution in [2.24, 2.45) is 0 Å². The standard InChI is InChI=1S/C44H37F8N5OS2/c45-35-33(34-37(47)41(51)44(42(52)38(34)48)57-20-19-53-25-57)36(46)40(50)43(39(35)49)54-18-17-32(58)55-30-13-9-28(10-14-30)7-5-26-1-3-27(4-2-26)6-8-29-11-15-31(16-12-29)56-21-23-59-60-24-22-56/h1,3,9,11,13,15,19-20,25,41,44,54H,2,4,10,12,14,16-18,21-24H2,(H,55,58). The smallest absolute Gasteiger partial charge is 0.225 e. The van der Waals surface area contributed by atoms with Gasteiger partial charge in [0.05, 0.1) is 17.5 Å². The number of anilines is 1. The fourth-order valence-electron chi connectivity index (χ4n) is 7.07. The highest BCUT2D eigenvalue weighted by Crippen LogP contribution is 2.47. The molecule has 1 aromatic carbocycles. The molecule has 2 heterocycles. The summed E-state index contributed by atoms with van der Waals surface area (Å²) in [5, 5.41) is 4.75. The molecule has 2 unspecified atom stereocenters. The molecule has 6 nitrogen and oxygen atoms in total. The van der Waals surface area contributed by atoms with E-state index >= 15 is 26.3 Å². The molecule has 60 heavy (non-hydrogen) atoms. The van der Waals surface area contributed by atoms with Crippen molar-refractivity contribution in [1.29, 1.82) is 0 Å². The minimum absolute atomic E-state index is 0.403. The molecular formula is C44H37F8N5OS2.